The summed E-state index contributed by atoms with van der Waals surface area (Å²) in [7, 11) is 1.51. The van der Waals surface area contributed by atoms with Gasteiger partial charge in [0, 0.05) is 18.4 Å². The van der Waals surface area contributed by atoms with E-state index in [1.54, 1.807) is 27.7 Å². The lowest BCUT2D eigenvalue weighted by Crippen LogP contribution is -2.14. The molecule has 0 aliphatic carbocycles. The number of esters is 2. The molecule has 1 aromatic heterocycles. The van der Waals surface area contributed by atoms with Crippen LogP contribution in [0.5, 0.6) is 0 Å². The Balaban J connectivity index is 3.36. The van der Waals surface area contributed by atoms with E-state index in [1.165, 1.54) is 7.11 Å². The topological polar surface area (TPSA) is 77.6 Å². The average molecular weight is 283 g/mol. The summed E-state index contributed by atoms with van der Waals surface area (Å²) < 4.78 is 15.3. The molecule has 1 rings (SSSR count). The lowest BCUT2D eigenvalue weighted by Gasteiger charge is -2.13. The van der Waals surface area contributed by atoms with Gasteiger partial charge in [0.05, 0.1) is 24.9 Å². The Morgan fingerprint density at radius 2 is 1.70 bits per heavy atom. The Hall–Kier alpha value is -1.82. The second-order valence-electron chi connectivity index (χ2n) is 4.23. The van der Waals surface area contributed by atoms with Crippen LogP contribution in [0.4, 0.5) is 0 Å². The summed E-state index contributed by atoms with van der Waals surface area (Å²) in [6.45, 7) is 7.44. The van der Waals surface area contributed by atoms with E-state index >= 15 is 0 Å². The van der Waals surface area contributed by atoms with E-state index in [1.807, 2.05) is 0 Å². The lowest BCUT2D eigenvalue weighted by molar-refractivity contribution is 0.0504. The molecule has 0 fully saturated rings. The fraction of sp³-hybridized carbons (Fsp3) is 0.571. The summed E-state index contributed by atoms with van der Waals surface area (Å²) in [6.07, 6.45) is -0.432. The molecule has 112 valence electrons. The monoisotopic (exact) mass is 283 g/mol. The first-order chi connectivity index (χ1) is 9.47. The molecule has 6 heteroatoms. The summed E-state index contributed by atoms with van der Waals surface area (Å²) in [5.41, 5.74) is 1.61. The largest absolute Gasteiger partial charge is 0.462 e. The molecule has 1 aromatic rings. The molecule has 1 heterocycles. The van der Waals surface area contributed by atoms with Crippen molar-refractivity contribution < 1.29 is 23.8 Å². The zero-order valence-electron chi connectivity index (χ0n) is 12.5. The van der Waals surface area contributed by atoms with Crippen molar-refractivity contribution in [3.05, 3.63) is 22.5 Å². The van der Waals surface area contributed by atoms with Crippen LogP contribution in [0.3, 0.4) is 0 Å². The molecule has 0 aromatic carbocycles. The number of carbonyl (C=O) groups is 2. The van der Waals surface area contributed by atoms with Crippen LogP contribution in [0.2, 0.25) is 0 Å². The van der Waals surface area contributed by atoms with Crippen molar-refractivity contribution in [2.24, 2.45) is 0 Å². The minimum absolute atomic E-state index is 0.238. The van der Waals surface area contributed by atoms with Crippen LogP contribution in [0.15, 0.2) is 0 Å². The van der Waals surface area contributed by atoms with Crippen LogP contribution in [0.25, 0.3) is 0 Å². The summed E-state index contributed by atoms with van der Waals surface area (Å²) >= 11 is 0. The normalized spacial score (nSPS) is 12.1. The maximum atomic E-state index is 12.1. The van der Waals surface area contributed by atoms with Gasteiger partial charge in [0.1, 0.15) is 5.69 Å². The Bertz CT molecular complexity index is 492. The number of nitrogens with one attached hydrogen (secondary N) is 1. The molecule has 1 N–H and O–H groups in total. The number of hydrogen-bond donors (Lipinski definition) is 1. The highest BCUT2D eigenvalue weighted by Gasteiger charge is 2.29. The maximum absolute atomic E-state index is 12.1. The molecule has 0 saturated heterocycles. The lowest BCUT2D eigenvalue weighted by atomic mass is 10.0. The van der Waals surface area contributed by atoms with Crippen molar-refractivity contribution >= 4 is 11.9 Å². The summed E-state index contributed by atoms with van der Waals surface area (Å²) in [4.78, 5) is 26.9. The van der Waals surface area contributed by atoms with Crippen molar-refractivity contribution in [1.82, 2.24) is 4.98 Å². The molecule has 6 nitrogen and oxygen atoms in total. The molecular formula is C14H21NO5. The van der Waals surface area contributed by atoms with Gasteiger partial charge in [-0.2, -0.15) is 0 Å². The Kier molecular flexibility index (Phi) is 5.76. The van der Waals surface area contributed by atoms with E-state index in [0.717, 1.165) is 0 Å². The molecule has 0 aliphatic rings. The van der Waals surface area contributed by atoms with Crippen LogP contribution >= 0.6 is 0 Å². The van der Waals surface area contributed by atoms with Gasteiger partial charge in [-0.05, 0) is 27.7 Å². The molecule has 0 radical (unpaired) electrons. The summed E-state index contributed by atoms with van der Waals surface area (Å²) in [5, 5.41) is 0. The molecular weight excluding hydrogens is 262 g/mol. The molecule has 0 amide bonds. The zero-order chi connectivity index (χ0) is 15.3. The van der Waals surface area contributed by atoms with Crippen molar-refractivity contribution in [1.29, 1.82) is 0 Å². The number of rotatable bonds is 6. The highest BCUT2D eigenvalue weighted by atomic mass is 16.5. The number of H-pyrrole nitrogens is 1. The third-order valence-corrected chi connectivity index (χ3v) is 2.95. The minimum atomic E-state index is -0.509. The Labute approximate surface area is 118 Å². The van der Waals surface area contributed by atoms with E-state index < -0.39 is 18.0 Å². The van der Waals surface area contributed by atoms with Crippen molar-refractivity contribution in [3.8, 4) is 0 Å². The van der Waals surface area contributed by atoms with Crippen molar-refractivity contribution in [3.63, 3.8) is 0 Å². The predicted molar refractivity (Wildman–Crippen MR) is 72.9 cm³/mol. The van der Waals surface area contributed by atoms with Gasteiger partial charge in [-0.3, -0.25) is 0 Å². The maximum Gasteiger partial charge on any atom is 0.355 e. The van der Waals surface area contributed by atoms with E-state index in [-0.39, 0.29) is 18.9 Å². The fourth-order valence-electron chi connectivity index (χ4n) is 2.00. The molecule has 0 spiro atoms. The van der Waals surface area contributed by atoms with Crippen molar-refractivity contribution in [2.75, 3.05) is 20.3 Å². The molecule has 1 atom stereocenters. The first-order valence-corrected chi connectivity index (χ1v) is 6.57. The number of hydrogen-bond acceptors (Lipinski definition) is 5. The van der Waals surface area contributed by atoms with Gasteiger partial charge >= 0.3 is 11.9 Å². The third-order valence-electron chi connectivity index (χ3n) is 2.95. The summed E-state index contributed by atoms with van der Waals surface area (Å²) in [5.74, 6) is -0.985. The van der Waals surface area contributed by atoms with Gasteiger partial charge in [-0.25, -0.2) is 9.59 Å². The van der Waals surface area contributed by atoms with E-state index in [4.69, 9.17) is 14.2 Å². The highest BCUT2D eigenvalue weighted by Crippen LogP contribution is 2.28. The quantitative estimate of drug-likeness (QED) is 0.811. The highest BCUT2D eigenvalue weighted by molar-refractivity contribution is 5.99. The fourth-order valence-corrected chi connectivity index (χ4v) is 2.00. The van der Waals surface area contributed by atoms with Gasteiger partial charge in [0.2, 0.25) is 0 Å². The molecule has 0 aliphatic heterocycles. The standard InChI is InChI=1S/C14H21NO5/c1-6-19-13(16)10-8(3)15-12(14(17)20-7-2)11(10)9(4)18-5/h9,15H,6-7H2,1-5H3. The second-order valence-corrected chi connectivity index (χ2v) is 4.23. The molecule has 0 bridgehead atoms. The number of methoxy groups -OCH3 is 1. The van der Waals surface area contributed by atoms with Crippen LogP contribution < -0.4 is 0 Å². The number of aromatic nitrogens is 1. The van der Waals surface area contributed by atoms with Gasteiger partial charge in [-0.1, -0.05) is 0 Å². The van der Waals surface area contributed by atoms with Crippen LogP contribution in [-0.2, 0) is 14.2 Å². The third kappa shape index (κ3) is 3.19. The number of ether oxygens (including phenoxy) is 3. The predicted octanol–water partition coefficient (Wildman–Crippen LogP) is 2.38. The Morgan fingerprint density at radius 1 is 1.15 bits per heavy atom. The first kappa shape index (κ1) is 16.2. The first-order valence-electron chi connectivity index (χ1n) is 6.57. The minimum Gasteiger partial charge on any atom is -0.462 e. The number of carbonyl (C=O) groups excluding carboxylic acids is 2. The molecule has 0 saturated carbocycles. The van der Waals surface area contributed by atoms with E-state index in [2.05, 4.69) is 4.98 Å². The van der Waals surface area contributed by atoms with Crippen LogP contribution in [0, 0.1) is 6.92 Å². The van der Waals surface area contributed by atoms with Gasteiger partial charge in [0.25, 0.3) is 0 Å². The average Bonchev–Trinajstić information content (AvgIpc) is 2.76. The Morgan fingerprint density at radius 3 is 2.20 bits per heavy atom. The van der Waals surface area contributed by atoms with Crippen LogP contribution in [-0.4, -0.2) is 37.2 Å². The van der Waals surface area contributed by atoms with Gasteiger partial charge in [-0.15, -0.1) is 0 Å². The van der Waals surface area contributed by atoms with Crippen LogP contribution in [0.1, 0.15) is 59.0 Å². The second kappa shape index (κ2) is 7.09. The van der Waals surface area contributed by atoms with Crippen molar-refractivity contribution in [2.45, 2.75) is 33.8 Å². The van der Waals surface area contributed by atoms with Gasteiger partial charge < -0.3 is 19.2 Å². The van der Waals surface area contributed by atoms with E-state index in [0.29, 0.717) is 16.8 Å². The number of aromatic amines is 1. The zero-order valence-corrected chi connectivity index (χ0v) is 12.5. The van der Waals surface area contributed by atoms with E-state index in [9.17, 15) is 9.59 Å². The SMILES string of the molecule is CCOC(=O)c1[nH]c(C)c(C(=O)OCC)c1C(C)OC. The smallest absolute Gasteiger partial charge is 0.355 e. The van der Waals surface area contributed by atoms with Gasteiger partial charge in [0.15, 0.2) is 0 Å². The summed E-state index contributed by atoms with van der Waals surface area (Å²) in [6, 6.07) is 0. The molecule has 1 unspecified atom stereocenters. The molecule has 20 heavy (non-hydrogen) atoms. The number of aryl methyl sites for hydroxylation is 1.